The Morgan fingerprint density at radius 3 is 2.47 bits per heavy atom. The molecule has 5 rings (SSSR count). The molecule has 2 heterocycles. The van der Waals surface area contributed by atoms with Gasteiger partial charge in [0, 0.05) is 55.1 Å². The van der Waals surface area contributed by atoms with E-state index in [0.717, 1.165) is 54.2 Å². The number of para-hydroxylation sites is 1. The average Bonchev–Trinajstić information content (AvgIpc) is 2.84. The summed E-state index contributed by atoms with van der Waals surface area (Å²) < 4.78 is 11.2. The van der Waals surface area contributed by atoms with E-state index in [1.807, 2.05) is 24.3 Å². The van der Waals surface area contributed by atoms with Crippen LogP contribution in [0, 0.1) is 0 Å². The molecular weight excluding hydrogens is 446 g/mol. The van der Waals surface area contributed by atoms with Crippen molar-refractivity contribution in [3.05, 3.63) is 48.5 Å². The van der Waals surface area contributed by atoms with Gasteiger partial charge in [-0.25, -0.2) is 4.98 Å². The predicted octanol–water partition coefficient (Wildman–Crippen LogP) is 4.78. The van der Waals surface area contributed by atoms with Crippen molar-refractivity contribution in [2.24, 2.45) is 0 Å². The van der Waals surface area contributed by atoms with Crippen LogP contribution in [-0.2, 0) is 0 Å². The van der Waals surface area contributed by atoms with Crippen molar-refractivity contribution in [3.63, 3.8) is 0 Å². The quantitative estimate of drug-likeness (QED) is 0.454. The van der Waals surface area contributed by atoms with Crippen LogP contribution in [0.5, 0.6) is 11.5 Å². The van der Waals surface area contributed by atoms with E-state index in [-0.39, 0.29) is 0 Å². The van der Waals surface area contributed by atoms with Crippen LogP contribution in [0.1, 0.15) is 25.7 Å². The Hall–Kier alpha value is -3.26. The zero-order valence-electron chi connectivity index (χ0n) is 19.6. The first-order valence-electron chi connectivity index (χ1n) is 11.9. The van der Waals surface area contributed by atoms with E-state index in [1.54, 1.807) is 0 Å². The first-order valence-corrected chi connectivity index (χ1v) is 12.3. The monoisotopic (exact) mass is 477 g/mol. The van der Waals surface area contributed by atoms with E-state index in [9.17, 15) is 0 Å². The van der Waals surface area contributed by atoms with Crippen molar-refractivity contribution < 1.29 is 9.47 Å². The standard InChI is InChI=1S/C26H31N5O2S/c1-31(2)22-16-25(30-21-6-4-3-5-20(21)22)27-17-7-9-18(10-8-17)28-26(34)29-19-11-12-23-24(15-19)33-14-13-32-23/h3-6,11-12,15-18H,7-10,13-14H2,1-2H3,(H,27,30)(H2,28,29,34)/t17-,18+. The number of nitrogens with zero attached hydrogens (tertiary/aromatic N) is 2. The molecule has 0 radical (unpaired) electrons. The summed E-state index contributed by atoms with van der Waals surface area (Å²) in [4.78, 5) is 7.00. The molecule has 1 aliphatic carbocycles. The summed E-state index contributed by atoms with van der Waals surface area (Å²) in [6, 6.07) is 17.0. The highest BCUT2D eigenvalue weighted by atomic mass is 32.1. The molecule has 8 heteroatoms. The van der Waals surface area contributed by atoms with Gasteiger partial charge in [0.1, 0.15) is 19.0 Å². The van der Waals surface area contributed by atoms with Gasteiger partial charge in [0.05, 0.1) is 5.52 Å². The number of ether oxygens (including phenoxy) is 2. The molecule has 0 atom stereocenters. The molecule has 0 amide bonds. The lowest BCUT2D eigenvalue weighted by Gasteiger charge is -2.31. The summed E-state index contributed by atoms with van der Waals surface area (Å²) in [7, 11) is 4.15. The lowest BCUT2D eigenvalue weighted by Crippen LogP contribution is -2.42. The maximum Gasteiger partial charge on any atom is 0.170 e. The molecule has 1 saturated carbocycles. The summed E-state index contributed by atoms with van der Waals surface area (Å²) >= 11 is 5.56. The van der Waals surface area contributed by atoms with Gasteiger partial charge in [-0.3, -0.25) is 0 Å². The Bertz CT molecular complexity index is 1180. The molecular formula is C26H31N5O2S. The smallest absolute Gasteiger partial charge is 0.170 e. The van der Waals surface area contributed by atoms with Gasteiger partial charge in [-0.1, -0.05) is 18.2 Å². The van der Waals surface area contributed by atoms with Crippen LogP contribution >= 0.6 is 12.2 Å². The zero-order chi connectivity index (χ0) is 23.5. The maximum absolute atomic E-state index is 5.66. The molecule has 0 unspecified atom stereocenters. The number of benzene rings is 2. The van der Waals surface area contributed by atoms with E-state index in [4.69, 9.17) is 26.7 Å². The number of thiocarbonyl (C=S) groups is 1. The first-order chi connectivity index (χ1) is 16.5. The lowest BCUT2D eigenvalue weighted by atomic mass is 9.91. The van der Waals surface area contributed by atoms with Crippen LogP contribution in [0.15, 0.2) is 48.5 Å². The summed E-state index contributed by atoms with van der Waals surface area (Å²) in [6.07, 6.45) is 4.23. The Kier molecular flexibility index (Phi) is 6.58. The van der Waals surface area contributed by atoms with E-state index in [1.165, 1.54) is 11.1 Å². The molecule has 0 bridgehead atoms. The van der Waals surface area contributed by atoms with Crippen molar-refractivity contribution in [2.45, 2.75) is 37.8 Å². The number of aromatic nitrogens is 1. The number of anilines is 3. The molecule has 1 aliphatic heterocycles. The summed E-state index contributed by atoms with van der Waals surface area (Å²) in [5.41, 5.74) is 3.09. The second-order valence-corrected chi connectivity index (χ2v) is 9.50. The summed E-state index contributed by atoms with van der Waals surface area (Å²) in [5.74, 6) is 2.47. The number of fused-ring (bicyclic) bond motifs is 2. The van der Waals surface area contributed by atoms with Crippen LogP contribution in [-0.4, -0.2) is 49.5 Å². The highest BCUT2D eigenvalue weighted by Crippen LogP contribution is 2.33. The fourth-order valence-electron chi connectivity index (χ4n) is 4.67. The Morgan fingerprint density at radius 2 is 1.68 bits per heavy atom. The second kappa shape index (κ2) is 9.93. The van der Waals surface area contributed by atoms with Gasteiger partial charge in [-0.2, -0.15) is 0 Å². The maximum atomic E-state index is 5.66. The molecule has 7 nitrogen and oxygen atoms in total. The molecule has 1 aromatic heterocycles. The number of hydrogen-bond donors (Lipinski definition) is 3. The van der Waals surface area contributed by atoms with Crippen molar-refractivity contribution in [1.29, 1.82) is 0 Å². The van der Waals surface area contributed by atoms with Crippen molar-refractivity contribution in [3.8, 4) is 11.5 Å². The molecule has 3 N–H and O–H groups in total. The molecule has 34 heavy (non-hydrogen) atoms. The fourth-order valence-corrected chi connectivity index (χ4v) is 4.95. The molecule has 3 aromatic rings. The fraction of sp³-hybridized carbons (Fsp3) is 0.385. The minimum absolute atomic E-state index is 0.358. The van der Waals surface area contributed by atoms with Gasteiger partial charge >= 0.3 is 0 Å². The van der Waals surface area contributed by atoms with Gasteiger partial charge in [0.15, 0.2) is 16.6 Å². The van der Waals surface area contributed by atoms with Crippen LogP contribution < -0.4 is 30.3 Å². The zero-order valence-corrected chi connectivity index (χ0v) is 20.5. The van der Waals surface area contributed by atoms with Gasteiger partial charge in [-0.05, 0) is 56.1 Å². The van der Waals surface area contributed by atoms with Crippen LogP contribution in [0.3, 0.4) is 0 Å². The van der Waals surface area contributed by atoms with E-state index >= 15 is 0 Å². The van der Waals surface area contributed by atoms with Gasteiger partial charge in [-0.15, -0.1) is 0 Å². The van der Waals surface area contributed by atoms with Gasteiger partial charge < -0.3 is 30.3 Å². The SMILES string of the molecule is CN(C)c1cc(N[C@H]2CC[C@@H](NC(=S)Nc3ccc4c(c3)OCCO4)CC2)nc2ccccc12. The Morgan fingerprint density at radius 1 is 0.941 bits per heavy atom. The van der Waals surface area contributed by atoms with Gasteiger partial charge in [0.2, 0.25) is 0 Å². The summed E-state index contributed by atoms with van der Waals surface area (Å²) in [6.45, 7) is 1.16. The molecule has 0 spiro atoms. The number of hydrogen-bond acceptors (Lipinski definition) is 6. The topological polar surface area (TPSA) is 70.7 Å². The Balaban J connectivity index is 1.14. The second-order valence-electron chi connectivity index (χ2n) is 9.09. The number of pyridine rings is 1. The highest BCUT2D eigenvalue weighted by molar-refractivity contribution is 7.80. The van der Waals surface area contributed by atoms with Gasteiger partial charge in [0.25, 0.3) is 0 Å². The lowest BCUT2D eigenvalue weighted by molar-refractivity contribution is 0.171. The molecule has 2 aromatic carbocycles. The Labute approximate surface area is 205 Å². The number of nitrogens with one attached hydrogen (secondary N) is 3. The van der Waals surface area contributed by atoms with Crippen LogP contribution in [0.4, 0.5) is 17.2 Å². The minimum atomic E-state index is 0.358. The van der Waals surface area contributed by atoms with Crippen molar-refractivity contribution in [2.75, 3.05) is 42.8 Å². The normalized spacial score (nSPS) is 19.4. The van der Waals surface area contributed by atoms with Crippen molar-refractivity contribution in [1.82, 2.24) is 10.3 Å². The third-order valence-electron chi connectivity index (χ3n) is 6.39. The van der Waals surface area contributed by atoms with Crippen LogP contribution in [0.2, 0.25) is 0 Å². The highest BCUT2D eigenvalue weighted by Gasteiger charge is 2.22. The molecule has 178 valence electrons. The summed E-state index contributed by atoms with van der Waals surface area (Å²) in [5, 5.41) is 12.2. The third-order valence-corrected chi connectivity index (χ3v) is 6.61. The predicted molar refractivity (Wildman–Crippen MR) is 143 cm³/mol. The molecule has 1 fully saturated rings. The van der Waals surface area contributed by atoms with Crippen molar-refractivity contribution >= 4 is 45.4 Å². The average molecular weight is 478 g/mol. The third kappa shape index (κ3) is 5.12. The molecule has 2 aliphatic rings. The van der Waals surface area contributed by atoms with E-state index in [2.05, 4.69) is 59.2 Å². The van der Waals surface area contributed by atoms with Crippen LogP contribution in [0.25, 0.3) is 10.9 Å². The van der Waals surface area contributed by atoms with E-state index < -0.39 is 0 Å². The van der Waals surface area contributed by atoms with E-state index in [0.29, 0.717) is 30.4 Å². The largest absolute Gasteiger partial charge is 0.486 e. The number of rotatable bonds is 5. The minimum Gasteiger partial charge on any atom is -0.486 e. The first kappa shape index (κ1) is 22.5. The molecule has 0 saturated heterocycles.